The van der Waals surface area contributed by atoms with Crippen LogP contribution in [0.5, 0.6) is 0 Å². The molecule has 0 aliphatic rings. The van der Waals surface area contributed by atoms with Crippen molar-refractivity contribution in [2.24, 2.45) is 0 Å². The molecule has 2 aromatic carbocycles. The van der Waals surface area contributed by atoms with E-state index in [1.165, 1.54) is 17.7 Å². The average molecular weight is 373 g/mol. The van der Waals surface area contributed by atoms with Crippen molar-refractivity contribution in [2.45, 2.75) is 13.3 Å². The Bertz CT molecular complexity index is 1080. The third-order valence-corrected chi connectivity index (χ3v) is 4.44. The third-order valence-electron chi connectivity index (χ3n) is 4.44. The maximum absolute atomic E-state index is 13.5. The number of benzene rings is 2. The molecule has 0 amide bonds. The lowest BCUT2D eigenvalue weighted by atomic mass is 10.1. The van der Waals surface area contributed by atoms with E-state index in [1.54, 1.807) is 16.9 Å². The number of hydrogen-bond acceptors (Lipinski definition) is 4. The molecule has 6 heteroatoms. The highest BCUT2D eigenvalue weighted by Crippen LogP contribution is 2.23. The molecule has 140 valence electrons. The summed E-state index contributed by atoms with van der Waals surface area (Å²) in [6.07, 6.45) is 4.48. The molecule has 0 bridgehead atoms. The Kier molecular flexibility index (Phi) is 5.10. The molecule has 0 atom stereocenters. The number of nitrogens with zero attached hydrogens (tertiary/aromatic N) is 4. The molecular formula is C22H20FN5. The van der Waals surface area contributed by atoms with Crippen molar-refractivity contribution in [3.05, 3.63) is 90.1 Å². The number of hydrogen-bond donors (Lipinski definition) is 1. The van der Waals surface area contributed by atoms with Gasteiger partial charge < -0.3 is 5.32 Å². The molecule has 0 fully saturated rings. The second-order valence-electron chi connectivity index (χ2n) is 6.48. The quantitative estimate of drug-likeness (QED) is 0.543. The largest absolute Gasteiger partial charge is 0.354 e. The molecule has 5 nitrogen and oxygen atoms in total. The van der Waals surface area contributed by atoms with Gasteiger partial charge in [0.05, 0.1) is 17.1 Å². The van der Waals surface area contributed by atoms with Crippen LogP contribution in [0, 0.1) is 12.7 Å². The van der Waals surface area contributed by atoms with E-state index in [0.717, 1.165) is 29.9 Å². The fraction of sp³-hybridized carbons (Fsp3) is 0.136. The first kappa shape index (κ1) is 17.9. The van der Waals surface area contributed by atoms with Crippen LogP contribution in [0.3, 0.4) is 0 Å². The van der Waals surface area contributed by atoms with Crippen LogP contribution in [0.25, 0.3) is 16.9 Å². The zero-order chi connectivity index (χ0) is 19.3. The van der Waals surface area contributed by atoms with Gasteiger partial charge in [0.1, 0.15) is 5.82 Å². The molecule has 2 aromatic heterocycles. The minimum absolute atomic E-state index is 0.292. The van der Waals surface area contributed by atoms with Crippen LogP contribution >= 0.6 is 0 Å². The number of aromatic nitrogens is 4. The first-order valence-electron chi connectivity index (χ1n) is 9.12. The minimum atomic E-state index is -0.292. The molecule has 1 N–H and O–H groups in total. The van der Waals surface area contributed by atoms with Gasteiger partial charge in [0.25, 0.3) is 0 Å². The predicted octanol–water partition coefficient (Wildman–Crippen LogP) is 4.43. The van der Waals surface area contributed by atoms with Gasteiger partial charge in [-0.15, -0.1) is 0 Å². The fourth-order valence-electron chi connectivity index (χ4n) is 3.02. The Morgan fingerprint density at radius 2 is 1.89 bits per heavy atom. The minimum Gasteiger partial charge on any atom is -0.354 e. The van der Waals surface area contributed by atoms with E-state index in [0.29, 0.717) is 11.6 Å². The molecule has 2 heterocycles. The number of nitrogens with one attached hydrogen (secondary N) is 1. The van der Waals surface area contributed by atoms with Gasteiger partial charge in [-0.25, -0.2) is 19.0 Å². The number of rotatable bonds is 6. The van der Waals surface area contributed by atoms with E-state index in [4.69, 9.17) is 0 Å². The van der Waals surface area contributed by atoms with Crippen LogP contribution in [0.1, 0.15) is 11.3 Å². The molecule has 0 saturated carbocycles. The lowest BCUT2D eigenvalue weighted by molar-refractivity contribution is 0.625. The maximum Gasteiger partial charge on any atom is 0.223 e. The summed E-state index contributed by atoms with van der Waals surface area (Å²) in [6.45, 7) is 2.66. The van der Waals surface area contributed by atoms with Crippen molar-refractivity contribution in [3.8, 4) is 16.9 Å². The van der Waals surface area contributed by atoms with Gasteiger partial charge in [0.2, 0.25) is 5.95 Å². The van der Waals surface area contributed by atoms with Crippen molar-refractivity contribution in [2.75, 3.05) is 11.9 Å². The maximum atomic E-state index is 13.5. The van der Waals surface area contributed by atoms with Crippen molar-refractivity contribution >= 4 is 5.95 Å². The van der Waals surface area contributed by atoms with Gasteiger partial charge in [-0.1, -0.05) is 36.4 Å². The Balaban J connectivity index is 1.51. The molecule has 4 rings (SSSR count). The van der Waals surface area contributed by atoms with E-state index >= 15 is 0 Å². The highest BCUT2D eigenvalue weighted by atomic mass is 19.1. The summed E-state index contributed by atoms with van der Waals surface area (Å²) >= 11 is 0. The van der Waals surface area contributed by atoms with E-state index in [-0.39, 0.29) is 5.82 Å². The smallest absolute Gasteiger partial charge is 0.223 e. The molecule has 28 heavy (non-hydrogen) atoms. The molecule has 0 saturated heterocycles. The molecule has 0 aliphatic heterocycles. The molecule has 0 unspecified atom stereocenters. The summed E-state index contributed by atoms with van der Waals surface area (Å²) in [5.41, 5.74) is 4.41. The van der Waals surface area contributed by atoms with Crippen LogP contribution < -0.4 is 5.32 Å². The second kappa shape index (κ2) is 8.00. The van der Waals surface area contributed by atoms with Gasteiger partial charge in [-0.05, 0) is 43.2 Å². The fourth-order valence-corrected chi connectivity index (χ4v) is 3.02. The standard InChI is InChI=1S/C22H20FN5/c1-16-20(15-28(27-16)19-9-5-8-18(23)14-19)21-11-13-25-22(26-21)24-12-10-17-6-3-2-4-7-17/h2-9,11,13-15H,10,12H2,1H3,(H,24,25,26). The van der Waals surface area contributed by atoms with E-state index in [9.17, 15) is 4.39 Å². The summed E-state index contributed by atoms with van der Waals surface area (Å²) in [5, 5.41) is 7.77. The normalized spacial score (nSPS) is 10.8. The van der Waals surface area contributed by atoms with Gasteiger partial charge >= 0.3 is 0 Å². The summed E-state index contributed by atoms with van der Waals surface area (Å²) in [5.74, 6) is 0.283. The van der Waals surface area contributed by atoms with Crippen LogP contribution in [0.2, 0.25) is 0 Å². The Labute approximate surface area is 162 Å². The van der Waals surface area contributed by atoms with Gasteiger partial charge in [0.15, 0.2) is 0 Å². The molecule has 4 aromatic rings. The molecule has 0 radical (unpaired) electrons. The first-order chi connectivity index (χ1) is 13.7. The lowest BCUT2D eigenvalue weighted by Gasteiger charge is -2.06. The Hall–Kier alpha value is -3.54. The molecule has 0 spiro atoms. The zero-order valence-corrected chi connectivity index (χ0v) is 15.5. The third kappa shape index (κ3) is 4.06. The van der Waals surface area contributed by atoms with Crippen molar-refractivity contribution in [3.63, 3.8) is 0 Å². The molecular weight excluding hydrogens is 353 g/mol. The van der Waals surface area contributed by atoms with Crippen LogP contribution in [-0.2, 0) is 6.42 Å². The van der Waals surface area contributed by atoms with Crippen molar-refractivity contribution < 1.29 is 4.39 Å². The van der Waals surface area contributed by atoms with E-state index < -0.39 is 0 Å². The Morgan fingerprint density at radius 3 is 2.71 bits per heavy atom. The molecule has 0 aliphatic carbocycles. The topological polar surface area (TPSA) is 55.6 Å². The number of aryl methyl sites for hydroxylation is 1. The SMILES string of the molecule is Cc1nn(-c2cccc(F)c2)cc1-c1ccnc(NCCc2ccccc2)n1. The summed E-state index contributed by atoms with van der Waals surface area (Å²) in [4.78, 5) is 8.91. The number of halogens is 1. The summed E-state index contributed by atoms with van der Waals surface area (Å²) < 4.78 is 15.2. The monoisotopic (exact) mass is 373 g/mol. The second-order valence-corrected chi connectivity index (χ2v) is 6.48. The van der Waals surface area contributed by atoms with Gasteiger partial charge in [-0.3, -0.25) is 0 Å². The van der Waals surface area contributed by atoms with Gasteiger partial charge in [0, 0.05) is 24.5 Å². The van der Waals surface area contributed by atoms with Crippen LogP contribution in [0.4, 0.5) is 10.3 Å². The van der Waals surface area contributed by atoms with Gasteiger partial charge in [-0.2, -0.15) is 5.10 Å². The lowest BCUT2D eigenvalue weighted by Crippen LogP contribution is -2.08. The predicted molar refractivity (Wildman–Crippen MR) is 108 cm³/mol. The number of anilines is 1. The van der Waals surface area contributed by atoms with Crippen LogP contribution in [-0.4, -0.2) is 26.3 Å². The first-order valence-corrected chi connectivity index (χ1v) is 9.12. The van der Waals surface area contributed by atoms with E-state index in [2.05, 4.69) is 32.5 Å². The average Bonchev–Trinajstić information content (AvgIpc) is 3.11. The van der Waals surface area contributed by atoms with Crippen LogP contribution in [0.15, 0.2) is 73.1 Å². The van der Waals surface area contributed by atoms with Crippen molar-refractivity contribution in [1.29, 1.82) is 0 Å². The highest BCUT2D eigenvalue weighted by molar-refractivity contribution is 5.62. The summed E-state index contributed by atoms with van der Waals surface area (Å²) in [7, 11) is 0. The highest BCUT2D eigenvalue weighted by Gasteiger charge is 2.11. The van der Waals surface area contributed by atoms with E-state index in [1.807, 2.05) is 43.5 Å². The Morgan fingerprint density at radius 1 is 1.04 bits per heavy atom. The summed E-state index contributed by atoms with van der Waals surface area (Å²) in [6, 6.07) is 18.5. The van der Waals surface area contributed by atoms with Crippen molar-refractivity contribution in [1.82, 2.24) is 19.7 Å². The zero-order valence-electron chi connectivity index (χ0n) is 15.5.